The molecule has 0 spiro atoms. The second kappa shape index (κ2) is 8.10. The van der Waals surface area contributed by atoms with E-state index in [0.29, 0.717) is 6.42 Å². The Hall–Kier alpha value is -1.89. The van der Waals surface area contributed by atoms with Crippen molar-refractivity contribution < 1.29 is 27.5 Å². The third-order valence-electron chi connectivity index (χ3n) is 3.09. The summed E-state index contributed by atoms with van der Waals surface area (Å²) in [4.78, 5) is 23.8. The molecule has 1 rings (SSSR count). The number of Topliss-reactive ketones (excluding diaryl/α,β-unsaturated/α-hetero) is 1. The quantitative estimate of drug-likeness (QED) is 0.777. The highest BCUT2D eigenvalue weighted by Crippen LogP contribution is 2.18. The van der Waals surface area contributed by atoms with E-state index in [2.05, 4.69) is 10.1 Å². The van der Waals surface area contributed by atoms with Crippen molar-refractivity contribution in [1.82, 2.24) is 5.32 Å². The van der Waals surface area contributed by atoms with Crippen molar-refractivity contribution in [3.05, 3.63) is 35.4 Å². The normalized spacial score (nSPS) is 13.0. The SMILES string of the molecule is CC(=O)c1ccccc1C(=O)NC(COC(F)(F)F)CC(C)C. The zero-order valence-corrected chi connectivity index (χ0v) is 13.2. The van der Waals surface area contributed by atoms with Crippen LogP contribution in [0.2, 0.25) is 0 Å². The van der Waals surface area contributed by atoms with Crippen molar-refractivity contribution in [3.63, 3.8) is 0 Å². The second-order valence-electron chi connectivity index (χ2n) is 5.66. The van der Waals surface area contributed by atoms with Gasteiger partial charge in [0.1, 0.15) is 0 Å². The molecule has 0 saturated carbocycles. The van der Waals surface area contributed by atoms with E-state index in [9.17, 15) is 22.8 Å². The van der Waals surface area contributed by atoms with E-state index in [4.69, 9.17) is 0 Å². The van der Waals surface area contributed by atoms with Gasteiger partial charge in [-0.05, 0) is 25.3 Å². The van der Waals surface area contributed by atoms with Gasteiger partial charge in [0, 0.05) is 5.56 Å². The van der Waals surface area contributed by atoms with Gasteiger partial charge in [-0.1, -0.05) is 32.0 Å². The highest BCUT2D eigenvalue weighted by molar-refractivity contribution is 6.07. The van der Waals surface area contributed by atoms with Gasteiger partial charge in [-0.3, -0.25) is 14.3 Å². The molecule has 0 heterocycles. The van der Waals surface area contributed by atoms with Crippen LogP contribution in [0, 0.1) is 5.92 Å². The topological polar surface area (TPSA) is 55.4 Å². The van der Waals surface area contributed by atoms with Crippen LogP contribution < -0.4 is 5.32 Å². The molecule has 0 aromatic heterocycles. The molecule has 0 aliphatic heterocycles. The lowest BCUT2D eigenvalue weighted by Gasteiger charge is -2.21. The van der Waals surface area contributed by atoms with E-state index in [0.717, 1.165) is 0 Å². The average Bonchev–Trinajstić information content (AvgIpc) is 2.43. The Kier molecular flexibility index (Phi) is 6.75. The van der Waals surface area contributed by atoms with Gasteiger partial charge in [0.25, 0.3) is 5.91 Å². The summed E-state index contributed by atoms with van der Waals surface area (Å²) in [5.74, 6) is -0.810. The Morgan fingerprint density at radius 2 is 1.74 bits per heavy atom. The van der Waals surface area contributed by atoms with Gasteiger partial charge in [-0.25, -0.2) is 0 Å². The number of ketones is 1. The van der Waals surface area contributed by atoms with E-state index in [1.54, 1.807) is 12.1 Å². The Balaban J connectivity index is 2.86. The lowest BCUT2D eigenvalue weighted by molar-refractivity contribution is -0.326. The standard InChI is InChI=1S/C16H20F3NO3/c1-10(2)8-12(9-23-16(17,18)19)20-15(22)14-7-5-4-6-13(14)11(3)21/h4-7,10,12H,8-9H2,1-3H3,(H,20,22). The largest absolute Gasteiger partial charge is 0.522 e. The number of hydrogen-bond donors (Lipinski definition) is 1. The lowest BCUT2D eigenvalue weighted by Crippen LogP contribution is -2.41. The number of carbonyl (C=O) groups excluding carboxylic acids is 2. The molecule has 23 heavy (non-hydrogen) atoms. The second-order valence-corrected chi connectivity index (χ2v) is 5.66. The third-order valence-corrected chi connectivity index (χ3v) is 3.09. The molecule has 128 valence electrons. The maximum absolute atomic E-state index is 12.3. The number of rotatable bonds is 7. The van der Waals surface area contributed by atoms with Gasteiger partial charge in [-0.15, -0.1) is 13.2 Å². The third kappa shape index (κ3) is 6.81. The molecule has 0 bridgehead atoms. The molecule has 1 aromatic rings. The minimum atomic E-state index is -4.75. The summed E-state index contributed by atoms with van der Waals surface area (Å²) < 4.78 is 40.4. The van der Waals surface area contributed by atoms with Crippen LogP contribution in [0.1, 0.15) is 47.9 Å². The van der Waals surface area contributed by atoms with Crippen LogP contribution in [0.25, 0.3) is 0 Å². The Bertz CT molecular complexity index is 556. The first-order valence-corrected chi connectivity index (χ1v) is 7.21. The monoisotopic (exact) mass is 331 g/mol. The van der Waals surface area contributed by atoms with Crippen molar-refractivity contribution in [2.75, 3.05) is 6.61 Å². The van der Waals surface area contributed by atoms with Crippen LogP contribution in [0.15, 0.2) is 24.3 Å². The highest BCUT2D eigenvalue weighted by Gasteiger charge is 2.31. The molecule has 1 atom stereocenters. The number of hydrogen-bond acceptors (Lipinski definition) is 3. The average molecular weight is 331 g/mol. The smallest absolute Gasteiger partial charge is 0.347 e. The minimum Gasteiger partial charge on any atom is -0.347 e. The lowest BCUT2D eigenvalue weighted by atomic mass is 10.0. The fourth-order valence-corrected chi connectivity index (χ4v) is 2.18. The van der Waals surface area contributed by atoms with Crippen LogP contribution in [0.3, 0.4) is 0 Å². The molecule has 1 N–H and O–H groups in total. The van der Waals surface area contributed by atoms with E-state index in [1.807, 2.05) is 13.8 Å². The molecular formula is C16H20F3NO3. The summed E-state index contributed by atoms with van der Waals surface area (Å²) in [6.07, 6.45) is -4.43. The fourth-order valence-electron chi connectivity index (χ4n) is 2.18. The van der Waals surface area contributed by atoms with Crippen LogP contribution >= 0.6 is 0 Å². The summed E-state index contributed by atoms with van der Waals surface area (Å²) in [5, 5.41) is 2.52. The zero-order valence-electron chi connectivity index (χ0n) is 13.2. The zero-order chi connectivity index (χ0) is 17.6. The first-order chi connectivity index (χ1) is 10.6. The Labute approximate surface area is 133 Å². The van der Waals surface area contributed by atoms with Crippen molar-refractivity contribution in [3.8, 4) is 0 Å². The van der Waals surface area contributed by atoms with Crippen molar-refractivity contribution in [1.29, 1.82) is 0 Å². The molecule has 4 nitrogen and oxygen atoms in total. The van der Waals surface area contributed by atoms with Gasteiger partial charge >= 0.3 is 6.36 Å². The van der Waals surface area contributed by atoms with Gasteiger partial charge < -0.3 is 5.32 Å². The van der Waals surface area contributed by atoms with Crippen LogP contribution in [0.4, 0.5) is 13.2 Å². The predicted octanol–water partition coefficient (Wildman–Crippen LogP) is 3.57. The molecule has 0 fully saturated rings. The van der Waals surface area contributed by atoms with Crippen molar-refractivity contribution in [2.45, 2.75) is 39.6 Å². The summed E-state index contributed by atoms with van der Waals surface area (Å²) in [7, 11) is 0. The molecule has 7 heteroatoms. The summed E-state index contributed by atoms with van der Waals surface area (Å²) >= 11 is 0. The molecule has 1 aromatic carbocycles. The minimum absolute atomic E-state index is 0.0696. The number of halogens is 3. The Morgan fingerprint density at radius 3 is 2.22 bits per heavy atom. The van der Waals surface area contributed by atoms with Gasteiger partial charge in [-0.2, -0.15) is 0 Å². The number of ether oxygens (including phenoxy) is 1. The first kappa shape index (κ1) is 19.2. The van der Waals surface area contributed by atoms with E-state index >= 15 is 0 Å². The highest BCUT2D eigenvalue weighted by atomic mass is 19.4. The van der Waals surface area contributed by atoms with Gasteiger partial charge in [0.15, 0.2) is 5.78 Å². The molecular weight excluding hydrogens is 311 g/mol. The number of nitrogens with one attached hydrogen (secondary N) is 1. The molecule has 0 aliphatic rings. The van der Waals surface area contributed by atoms with E-state index < -0.39 is 24.9 Å². The van der Waals surface area contributed by atoms with Crippen LogP contribution in [-0.4, -0.2) is 30.7 Å². The summed E-state index contributed by atoms with van der Waals surface area (Å²) in [6.45, 7) is 4.31. The molecule has 0 aliphatic carbocycles. The maximum atomic E-state index is 12.3. The Morgan fingerprint density at radius 1 is 1.17 bits per heavy atom. The molecule has 1 amide bonds. The summed E-state index contributed by atoms with van der Waals surface area (Å²) in [5.41, 5.74) is 0.366. The number of alkyl halides is 3. The number of amides is 1. The summed E-state index contributed by atoms with van der Waals surface area (Å²) in [6, 6.07) is 5.37. The number of benzene rings is 1. The predicted molar refractivity (Wildman–Crippen MR) is 79.2 cm³/mol. The van der Waals surface area contributed by atoms with Crippen molar-refractivity contribution in [2.24, 2.45) is 5.92 Å². The van der Waals surface area contributed by atoms with Crippen LogP contribution in [-0.2, 0) is 4.74 Å². The van der Waals surface area contributed by atoms with Gasteiger partial charge in [0.2, 0.25) is 0 Å². The number of carbonyl (C=O) groups is 2. The molecule has 0 radical (unpaired) electrons. The molecule has 1 unspecified atom stereocenters. The molecule has 0 saturated heterocycles. The van der Waals surface area contributed by atoms with E-state index in [-0.39, 0.29) is 22.8 Å². The van der Waals surface area contributed by atoms with E-state index in [1.165, 1.54) is 19.1 Å². The maximum Gasteiger partial charge on any atom is 0.522 e. The van der Waals surface area contributed by atoms with Gasteiger partial charge in [0.05, 0.1) is 18.2 Å². The van der Waals surface area contributed by atoms with Crippen molar-refractivity contribution >= 4 is 11.7 Å². The van der Waals surface area contributed by atoms with Crippen LogP contribution in [0.5, 0.6) is 0 Å². The first-order valence-electron chi connectivity index (χ1n) is 7.21. The fraction of sp³-hybridized carbons (Fsp3) is 0.500.